The number of aromatic nitrogens is 1. The van der Waals surface area contributed by atoms with Crippen molar-refractivity contribution in [2.45, 2.75) is 4.90 Å². The van der Waals surface area contributed by atoms with Crippen LogP contribution in [0.25, 0.3) is 10.9 Å². The van der Waals surface area contributed by atoms with Gasteiger partial charge in [-0.1, -0.05) is 0 Å². The molecule has 0 saturated heterocycles. The van der Waals surface area contributed by atoms with Gasteiger partial charge in [0.05, 0.1) is 0 Å². The van der Waals surface area contributed by atoms with E-state index in [2.05, 4.69) is 17.6 Å². The third-order valence-electron chi connectivity index (χ3n) is 3.12. The van der Waals surface area contributed by atoms with Gasteiger partial charge < -0.3 is 0 Å². The summed E-state index contributed by atoms with van der Waals surface area (Å²) in [6, 6.07) is 19.2. The fraction of sp³-hybridized carbons (Fsp3) is 0. The molecule has 0 N–H and O–H groups in total. The summed E-state index contributed by atoms with van der Waals surface area (Å²) in [5.74, 6) is -0.334. The van der Waals surface area contributed by atoms with E-state index in [1.807, 2.05) is 54.6 Å². The Morgan fingerprint density at radius 2 is 1.81 bits per heavy atom. The Bertz CT molecular complexity index is 793. The van der Waals surface area contributed by atoms with Crippen molar-refractivity contribution >= 4 is 32.6 Å². The van der Waals surface area contributed by atoms with Gasteiger partial charge in [-0.3, -0.25) is 0 Å². The number of benzene rings is 2. The molecule has 0 bridgehead atoms. The van der Waals surface area contributed by atoms with Gasteiger partial charge in [0.2, 0.25) is 0 Å². The van der Waals surface area contributed by atoms with Gasteiger partial charge in [0.1, 0.15) is 0 Å². The summed E-state index contributed by atoms with van der Waals surface area (Å²) in [6.45, 7) is 0. The first kappa shape index (κ1) is 14.5. The molecular formula is C16H11HgNO2S. The maximum absolute atomic E-state index is 12.1. The summed E-state index contributed by atoms with van der Waals surface area (Å²) in [7, 11) is 0. The van der Waals surface area contributed by atoms with Gasteiger partial charge in [0.25, 0.3) is 0 Å². The van der Waals surface area contributed by atoms with Crippen LogP contribution in [0.2, 0.25) is 0 Å². The zero-order valence-corrected chi connectivity index (χ0v) is 17.6. The number of nitrogens with zero attached hydrogens (tertiary/aromatic N) is 1. The third-order valence-corrected chi connectivity index (χ3v) is 8.19. The van der Waals surface area contributed by atoms with Crippen LogP contribution in [0.3, 0.4) is 0 Å². The van der Waals surface area contributed by atoms with Crippen molar-refractivity contribution in [3.05, 3.63) is 66.4 Å². The second kappa shape index (κ2) is 6.58. The molecule has 1 aromatic heterocycles. The van der Waals surface area contributed by atoms with Gasteiger partial charge in [0, 0.05) is 0 Å². The number of rotatable bonds is 3. The SMILES string of the molecule is O=C([O][Hg][c]1ccccc1)c1ccc2cccc(S)c2n1. The number of carbonyl (C=O) groups excluding carboxylic acids is 1. The first-order valence-electron chi connectivity index (χ1n) is 6.54. The van der Waals surface area contributed by atoms with Gasteiger partial charge in [-0.25, -0.2) is 0 Å². The molecule has 0 spiro atoms. The first-order chi connectivity index (χ1) is 10.2. The monoisotopic (exact) mass is 483 g/mol. The van der Waals surface area contributed by atoms with Gasteiger partial charge in [-0.05, 0) is 0 Å². The van der Waals surface area contributed by atoms with E-state index < -0.39 is 25.0 Å². The molecule has 2 aromatic carbocycles. The number of para-hydroxylation sites is 1. The van der Waals surface area contributed by atoms with E-state index in [4.69, 9.17) is 2.64 Å². The number of thiol groups is 1. The van der Waals surface area contributed by atoms with Crippen LogP contribution in [0.15, 0.2) is 65.6 Å². The average Bonchev–Trinajstić information content (AvgIpc) is 2.54. The van der Waals surface area contributed by atoms with Crippen molar-refractivity contribution in [1.29, 1.82) is 0 Å². The molecule has 0 fully saturated rings. The minimum atomic E-state index is -1.86. The summed E-state index contributed by atoms with van der Waals surface area (Å²) in [5, 5.41) is 0.965. The molecular weight excluding hydrogens is 471 g/mol. The zero-order chi connectivity index (χ0) is 14.7. The molecule has 0 aliphatic rings. The quantitative estimate of drug-likeness (QED) is 0.462. The Kier molecular flexibility index (Phi) is 4.55. The van der Waals surface area contributed by atoms with Crippen molar-refractivity contribution in [2.75, 3.05) is 0 Å². The zero-order valence-electron chi connectivity index (χ0n) is 11.2. The number of hydrogen-bond acceptors (Lipinski definition) is 4. The normalized spacial score (nSPS) is 10.1. The summed E-state index contributed by atoms with van der Waals surface area (Å²) in [4.78, 5) is 17.2. The van der Waals surface area contributed by atoms with E-state index in [-0.39, 0.29) is 5.97 Å². The molecule has 5 heteroatoms. The Labute approximate surface area is 140 Å². The Hall–Kier alpha value is -1.39. The van der Waals surface area contributed by atoms with Crippen LogP contribution in [0, 0.1) is 0 Å². The molecule has 0 radical (unpaired) electrons. The summed E-state index contributed by atoms with van der Waals surface area (Å²) >= 11 is 2.52. The van der Waals surface area contributed by atoms with E-state index in [0.717, 1.165) is 15.8 Å². The molecule has 0 atom stereocenters. The van der Waals surface area contributed by atoms with Crippen LogP contribution in [0.4, 0.5) is 0 Å². The average molecular weight is 482 g/mol. The summed E-state index contributed by atoms with van der Waals surface area (Å²) in [6.07, 6.45) is 0. The summed E-state index contributed by atoms with van der Waals surface area (Å²) < 4.78 is 6.67. The van der Waals surface area contributed by atoms with Crippen LogP contribution in [0.5, 0.6) is 0 Å². The standard InChI is InChI=1S/C10H7NO2S.C6H5.Hg/c12-10(13)7-5-4-6-2-1-3-8(14)9(6)11-7;1-2-4-6-5-3-1;/h1-5,14H,(H,12,13);1-5H;/q;;+1/p-1. The van der Waals surface area contributed by atoms with Gasteiger partial charge in [0.15, 0.2) is 0 Å². The third kappa shape index (κ3) is 3.44. The van der Waals surface area contributed by atoms with E-state index in [0.29, 0.717) is 5.69 Å². The molecule has 1 heterocycles. The molecule has 3 aromatic rings. The number of carbonyl (C=O) groups is 1. The topological polar surface area (TPSA) is 39.2 Å². The number of hydrogen-bond donors (Lipinski definition) is 1. The molecule has 0 unspecified atom stereocenters. The fourth-order valence-electron chi connectivity index (χ4n) is 2.04. The predicted molar refractivity (Wildman–Crippen MR) is 80.5 cm³/mol. The minimum absolute atomic E-state index is 0.334. The number of pyridine rings is 1. The molecule has 0 aliphatic carbocycles. The van der Waals surface area contributed by atoms with Crippen LogP contribution >= 0.6 is 12.6 Å². The van der Waals surface area contributed by atoms with Gasteiger partial charge in [-0.15, -0.1) is 0 Å². The van der Waals surface area contributed by atoms with Crippen LogP contribution < -0.4 is 3.07 Å². The molecule has 21 heavy (non-hydrogen) atoms. The van der Waals surface area contributed by atoms with Crippen molar-refractivity contribution in [3.8, 4) is 0 Å². The Morgan fingerprint density at radius 1 is 1.00 bits per heavy atom. The first-order valence-corrected chi connectivity index (χ1v) is 12.0. The number of fused-ring (bicyclic) bond motifs is 1. The molecule has 3 rings (SSSR count). The van der Waals surface area contributed by atoms with E-state index in [1.165, 1.54) is 3.07 Å². The van der Waals surface area contributed by atoms with E-state index in [9.17, 15) is 4.79 Å². The molecule has 3 nitrogen and oxygen atoms in total. The van der Waals surface area contributed by atoms with Crippen molar-refractivity contribution in [3.63, 3.8) is 0 Å². The molecule has 100 valence electrons. The van der Waals surface area contributed by atoms with Gasteiger partial charge in [-0.2, -0.15) is 0 Å². The summed E-state index contributed by atoms with van der Waals surface area (Å²) in [5.41, 5.74) is 1.08. The second-order valence-electron chi connectivity index (χ2n) is 4.61. The second-order valence-corrected chi connectivity index (χ2v) is 10.5. The molecule has 0 saturated carbocycles. The van der Waals surface area contributed by atoms with E-state index in [1.54, 1.807) is 6.07 Å². The van der Waals surface area contributed by atoms with E-state index >= 15 is 0 Å². The maximum atomic E-state index is 12.1. The fourth-order valence-corrected chi connectivity index (χ4v) is 5.85. The predicted octanol–water partition coefficient (Wildman–Crippen LogP) is 3.00. The molecule has 0 amide bonds. The van der Waals surface area contributed by atoms with Gasteiger partial charge >= 0.3 is 141 Å². The van der Waals surface area contributed by atoms with Crippen LogP contribution in [-0.2, 0) is 27.7 Å². The Morgan fingerprint density at radius 3 is 2.62 bits per heavy atom. The van der Waals surface area contributed by atoms with Crippen LogP contribution in [0.1, 0.15) is 10.5 Å². The Balaban J connectivity index is 1.80. The molecule has 0 aliphatic heterocycles. The van der Waals surface area contributed by atoms with Crippen molar-refractivity contribution in [1.82, 2.24) is 4.98 Å². The van der Waals surface area contributed by atoms with Crippen molar-refractivity contribution < 1.29 is 32.5 Å². The van der Waals surface area contributed by atoms with Crippen LogP contribution in [-0.4, -0.2) is 11.0 Å². The van der Waals surface area contributed by atoms with Crippen molar-refractivity contribution in [2.24, 2.45) is 0 Å².